The smallest absolute Gasteiger partial charge is 0.251 e. The summed E-state index contributed by atoms with van der Waals surface area (Å²) in [6.07, 6.45) is 0. The molecule has 2 heterocycles. The van der Waals surface area contributed by atoms with Crippen LogP contribution in [0.4, 0.5) is 0 Å². The van der Waals surface area contributed by atoms with Gasteiger partial charge in [-0.2, -0.15) is 0 Å². The molecule has 6 heteroatoms. The van der Waals surface area contributed by atoms with E-state index in [-0.39, 0.29) is 5.56 Å². The molecule has 23 heavy (non-hydrogen) atoms. The molecule has 0 saturated heterocycles. The molecular weight excluding hydrogens is 310 g/mol. The molecule has 0 fully saturated rings. The first-order chi connectivity index (χ1) is 11.0. The molecule has 0 aliphatic carbocycles. The lowest BCUT2D eigenvalue weighted by Gasteiger charge is -1.99. The topological polar surface area (TPSA) is 71.8 Å². The molecule has 5 nitrogen and oxygen atoms in total. The Balaban J connectivity index is 1.78. The van der Waals surface area contributed by atoms with Crippen molar-refractivity contribution in [2.24, 2.45) is 0 Å². The molecular formula is C17H17N3O2S. The second-order valence-corrected chi connectivity index (χ2v) is 6.33. The summed E-state index contributed by atoms with van der Waals surface area (Å²) in [7, 11) is 0. The average molecular weight is 327 g/mol. The molecule has 1 N–H and O–H groups in total. The summed E-state index contributed by atoms with van der Waals surface area (Å²) in [5, 5.41) is 0.592. The molecule has 0 atom stereocenters. The summed E-state index contributed by atoms with van der Waals surface area (Å²) in [6, 6.07) is 9.53. The van der Waals surface area contributed by atoms with Crippen molar-refractivity contribution in [2.45, 2.75) is 31.7 Å². The van der Waals surface area contributed by atoms with Crippen LogP contribution in [0.3, 0.4) is 0 Å². The second-order valence-electron chi connectivity index (χ2n) is 5.37. The fourth-order valence-electron chi connectivity index (χ4n) is 2.14. The van der Waals surface area contributed by atoms with E-state index in [0.29, 0.717) is 22.5 Å². The summed E-state index contributed by atoms with van der Waals surface area (Å²) >= 11 is 1.44. The number of nitrogens with zero attached hydrogens (tertiary/aromatic N) is 2. The van der Waals surface area contributed by atoms with Gasteiger partial charge in [0, 0.05) is 23.1 Å². The lowest BCUT2D eigenvalue weighted by molar-refractivity contribution is 0.540. The highest BCUT2D eigenvalue weighted by Crippen LogP contribution is 2.26. The van der Waals surface area contributed by atoms with Crippen LogP contribution in [-0.4, -0.2) is 15.0 Å². The van der Waals surface area contributed by atoms with E-state index in [4.69, 9.17) is 4.42 Å². The third-order valence-corrected chi connectivity index (χ3v) is 4.27. The Kier molecular flexibility index (Phi) is 4.34. The number of thioether (sulfide) groups is 1. The van der Waals surface area contributed by atoms with Crippen LogP contribution in [0.15, 0.2) is 44.7 Å². The molecule has 2 aromatic heterocycles. The summed E-state index contributed by atoms with van der Waals surface area (Å²) in [5.74, 6) is 1.99. The Morgan fingerprint density at radius 2 is 1.87 bits per heavy atom. The van der Waals surface area contributed by atoms with Crippen molar-refractivity contribution in [3.63, 3.8) is 0 Å². The molecule has 1 aromatic carbocycles. The quantitative estimate of drug-likeness (QED) is 0.585. The third-order valence-electron chi connectivity index (χ3n) is 3.38. The molecule has 0 saturated carbocycles. The van der Waals surface area contributed by atoms with E-state index >= 15 is 0 Å². The lowest BCUT2D eigenvalue weighted by atomic mass is 10.1. The van der Waals surface area contributed by atoms with Crippen molar-refractivity contribution in [3.8, 4) is 11.5 Å². The Bertz CT molecular complexity index is 882. The lowest BCUT2D eigenvalue weighted by Crippen LogP contribution is -2.08. The number of benzene rings is 1. The largest absolute Gasteiger partial charge is 0.441 e. The minimum atomic E-state index is -0.141. The first-order valence-electron chi connectivity index (χ1n) is 7.25. The number of rotatable bonds is 4. The van der Waals surface area contributed by atoms with Crippen LogP contribution in [0.5, 0.6) is 0 Å². The SMILES string of the molecule is Cc1ccc(-c2nc(CSc3nc(C)cc(=O)[nH]3)c(C)o2)cc1. The molecule has 0 spiro atoms. The highest BCUT2D eigenvalue weighted by Gasteiger charge is 2.12. The van der Waals surface area contributed by atoms with Gasteiger partial charge in [0.05, 0.1) is 5.69 Å². The van der Waals surface area contributed by atoms with Crippen molar-refractivity contribution in [1.82, 2.24) is 15.0 Å². The van der Waals surface area contributed by atoms with Gasteiger partial charge in [-0.05, 0) is 32.9 Å². The van der Waals surface area contributed by atoms with Gasteiger partial charge in [0.25, 0.3) is 5.56 Å². The molecule has 3 rings (SSSR count). The Morgan fingerprint density at radius 3 is 2.57 bits per heavy atom. The van der Waals surface area contributed by atoms with Crippen LogP contribution in [0.2, 0.25) is 0 Å². The number of nitrogens with one attached hydrogen (secondary N) is 1. The number of H-pyrrole nitrogens is 1. The Labute approximate surface area is 138 Å². The van der Waals surface area contributed by atoms with Crippen molar-refractivity contribution in [3.05, 3.63) is 63.4 Å². The van der Waals surface area contributed by atoms with E-state index in [1.54, 1.807) is 6.92 Å². The fourth-order valence-corrected chi connectivity index (χ4v) is 3.06. The van der Waals surface area contributed by atoms with Crippen molar-refractivity contribution in [2.75, 3.05) is 0 Å². The van der Waals surface area contributed by atoms with Crippen molar-refractivity contribution < 1.29 is 4.42 Å². The van der Waals surface area contributed by atoms with Crippen molar-refractivity contribution >= 4 is 11.8 Å². The van der Waals surface area contributed by atoms with E-state index in [1.807, 2.05) is 38.1 Å². The van der Waals surface area contributed by atoms with Crippen LogP contribution < -0.4 is 5.56 Å². The van der Waals surface area contributed by atoms with Gasteiger partial charge in [0.1, 0.15) is 5.76 Å². The highest BCUT2D eigenvalue weighted by atomic mass is 32.2. The molecule has 0 aliphatic heterocycles. The number of hydrogen-bond acceptors (Lipinski definition) is 5. The van der Waals surface area contributed by atoms with Gasteiger partial charge in [-0.1, -0.05) is 29.5 Å². The summed E-state index contributed by atoms with van der Waals surface area (Å²) < 4.78 is 5.76. The van der Waals surface area contributed by atoms with E-state index in [2.05, 4.69) is 15.0 Å². The maximum atomic E-state index is 11.5. The molecule has 0 unspecified atom stereocenters. The third kappa shape index (κ3) is 3.71. The predicted octanol–water partition coefficient (Wildman–Crippen LogP) is 3.64. The zero-order valence-corrected chi connectivity index (χ0v) is 14.0. The van der Waals surface area contributed by atoms with E-state index in [0.717, 1.165) is 17.0 Å². The molecule has 3 aromatic rings. The van der Waals surface area contributed by atoms with Crippen LogP contribution in [-0.2, 0) is 5.75 Å². The minimum Gasteiger partial charge on any atom is -0.441 e. The van der Waals surface area contributed by atoms with Gasteiger partial charge >= 0.3 is 0 Å². The Hall–Kier alpha value is -2.34. The Morgan fingerprint density at radius 1 is 1.13 bits per heavy atom. The second kappa shape index (κ2) is 6.42. The first kappa shape index (κ1) is 15.6. The molecule has 0 bridgehead atoms. The van der Waals surface area contributed by atoms with Gasteiger partial charge in [0.2, 0.25) is 5.89 Å². The summed E-state index contributed by atoms with van der Waals surface area (Å²) in [6.45, 7) is 5.74. The molecule has 0 aliphatic rings. The van der Waals surface area contributed by atoms with Crippen LogP contribution in [0, 0.1) is 20.8 Å². The van der Waals surface area contributed by atoms with Crippen LogP contribution in [0.1, 0.15) is 22.7 Å². The first-order valence-corrected chi connectivity index (χ1v) is 8.24. The molecule has 118 valence electrons. The monoisotopic (exact) mass is 327 g/mol. The molecule has 0 amide bonds. The zero-order chi connectivity index (χ0) is 16.4. The van der Waals surface area contributed by atoms with E-state index in [1.165, 1.54) is 23.4 Å². The fraction of sp³-hybridized carbons (Fsp3) is 0.235. The zero-order valence-electron chi connectivity index (χ0n) is 13.2. The minimum absolute atomic E-state index is 0.141. The van der Waals surface area contributed by atoms with Gasteiger partial charge in [0.15, 0.2) is 5.16 Å². The standard InChI is InChI=1S/C17H17N3O2S/c1-10-4-6-13(7-5-10)16-19-14(12(3)22-16)9-23-17-18-11(2)8-15(21)20-17/h4-8H,9H2,1-3H3,(H,18,20,21). The number of oxazole rings is 1. The number of hydrogen-bond donors (Lipinski definition) is 1. The van der Waals surface area contributed by atoms with Gasteiger partial charge < -0.3 is 9.40 Å². The van der Waals surface area contributed by atoms with E-state index < -0.39 is 0 Å². The van der Waals surface area contributed by atoms with Crippen LogP contribution in [0.25, 0.3) is 11.5 Å². The number of aryl methyl sites for hydroxylation is 3. The maximum Gasteiger partial charge on any atom is 0.251 e. The predicted molar refractivity (Wildman–Crippen MR) is 90.6 cm³/mol. The average Bonchev–Trinajstić information content (AvgIpc) is 2.86. The molecule has 0 radical (unpaired) electrons. The number of aromatic amines is 1. The summed E-state index contributed by atoms with van der Waals surface area (Å²) in [4.78, 5) is 23.0. The summed E-state index contributed by atoms with van der Waals surface area (Å²) in [5.41, 5.74) is 3.57. The van der Waals surface area contributed by atoms with Gasteiger partial charge in [-0.15, -0.1) is 0 Å². The maximum absolute atomic E-state index is 11.5. The van der Waals surface area contributed by atoms with Crippen LogP contribution >= 0.6 is 11.8 Å². The number of aromatic nitrogens is 3. The van der Waals surface area contributed by atoms with Gasteiger partial charge in [-0.25, -0.2) is 9.97 Å². The normalized spacial score (nSPS) is 10.9. The van der Waals surface area contributed by atoms with E-state index in [9.17, 15) is 4.79 Å². The highest BCUT2D eigenvalue weighted by molar-refractivity contribution is 7.98. The van der Waals surface area contributed by atoms with Gasteiger partial charge in [-0.3, -0.25) is 4.79 Å². The van der Waals surface area contributed by atoms with Crippen molar-refractivity contribution in [1.29, 1.82) is 0 Å².